The summed E-state index contributed by atoms with van der Waals surface area (Å²) in [5.41, 5.74) is 0. The maximum Gasteiger partial charge on any atom is 0.673 e. The van der Waals surface area contributed by atoms with Gasteiger partial charge in [0, 0.05) is 12.4 Å². The Morgan fingerprint density at radius 2 is 2.00 bits per heavy atom. The van der Waals surface area contributed by atoms with Gasteiger partial charge in [-0.05, 0) is 6.42 Å². The molecule has 16 heavy (non-hydrogen) atoms. The van der Waals surface area contributed by atoms with Crippen molar-refractivity contribution >= 4 is 7.25 Å². The predicted octanol–water partition coefficient (Wildman–Crippen LogP) is 3.71. The largest absolute Gasteiger partial charge is 0.673 e. The average Bonchev–Trinajstić information content (AvgIpc) is 2.64. The van der Waals surface area contributed by atoms with E-state index in [1.54, 1.807) is 6.20 Å². The van der Waals surface area contributed by atoms with E-state index in [9.17, 15) is 17.3 Å². The van der Waals surface area contributed by atoms with Crippen molar-refractivity contribution < 1.29 is 17.3 Å². The van der Waals surface area contributed by atoms with Crippen LogP contribution in [0.2, 0.25) is 0 Å². The average molecular weight is 237 g/mol. The third-order valence-electron chi connectivity index (χ3n) is 1.76. The van der Waals surface area contributed by atoms with Gasteiger partial charge < -0.3 is 21.8 Å². The fourth-order valence-electron chi connectivity index (χ4n) is 1.15. The first-order valence-corrected chi connectivity index (χ1v) is 4.85. The minimum absolute atomic E-state index is 0.419. The monoisotopic (exact) mass is 237 g/mol. The van der Waals surface area contributed by atoms with Gasteiger partial charge in [-0.1, -0.05) is 19.4 Å². The second-order valence-electron chi connectivity index (χ2n) is 3.10. The summed E-state index contributed by atoms with van der Waals surface area (Å²) >= 11 is 0. The maximum absolute atomic E-state index is 9.75. The molecule has 0 spiro atoms. The lowest BCUT2D eigenvalue weighted by atomic mass is 10.2. The number of allylic oxidation sites excluding steroid dienone is 1. The van der Waals surface area contributed by atoms with E-state index < -0.39 is 7.25 Å². The number of nitrogens with zero attached hydrogens (tertiary/aromatic N) is 2. The van der Waals surface area contributed by atoms with Crippen molar-refractivity contribution in [2.24, 2.45) is 0 Å². The summed E-state index contributed by atoms with van der Waals surface area (Å²) in [6.07, 6.45) is 9.89. The normalized spacial score (nSPS) is 12.6. The van der Waals surface area contributed by atoms with Crippen LogP contribution in [0.1, 0.15) is 25.8 Å². The first-order chi connectivity index (χ1) is 7.38. The van der Waals surface area contributed by atoms with Crippen LogP contribution in [0.3, 0.4) is 0 Å². The Kier molecular flexibility index (Phi) is 6.52. The third-order valence-corrected chi connectivity index (χ3v) is 1.76. The number of aromatic nitrogens is 2. The van der Waals surface area contributed by atoms with E-state index in [0.717, 1.165) is 6.42 Å². The molecule has 0 fully saturated rings. The Labute approximate surface area is 92.1 Å². The molecule has 2 nitrogen and oxygen atoms in total. The molecule has 1 atom stereocenters. The number of imidazole rings is 1. The van der Waals surface area contributed by atoms with E-state index in [4.69, 9.17) is 0 Å². The highest BCUT2D eigenvalue weighted by atomic mass is 19.5. The van der Waals surface area contributed by atoms with Gasteiger partial charge in [-0.15, -0.1) is 6.58 Å². The Bertz CT molecular complexity index is 278. The van der Waals surface area contributed by atoms with Gasteiger partial charge >= 0.3 is 7.25 Å². The standard InChI is InChI=1S/C9H14N2.BF4/c1-3-5-9(4-2)11-7-6-10-8-11;2-1(3,4)5/h4,6-9H,2-3,5H2,1H3;/q;-1. The quantitative estimate of drug-likeness (QED) is 0.443. The molecule has 0 aromatic carbocycles. The highest BCUT2D eigenvalue weighted by Crippen LogP contribution is 2.13. The Balaban J connectivity index is 0.000000385. The van der Waals surface area contributed by atoms with Gasteiger partial charge in [0.05, 0.1) is 12.4 Å². The zero-order chi connectivity index (χ0) is 12.6. The first-order valence-electron chi connectivity index (χ1n) is 4.85. The smallest absolute Gasteiger partial charge is 0.418 e. The number of halogens is 4. The van der Waals surface area contributed by atoms with E-state index in [-0.39, 0.29) is 0 Å². The minimum Gasteiger partial charge on any atom is -0.418 e. The zero-order valence-electron chi connectivity index (χ0n) is 8.99. The van der Waals surface area contributed by atoms with Crippen LogP contribution in [-0.4, -0.2) is 16.8 Å². The maximum atomic E-state index is 9.75. The number of hydrogen-bond donors (Lipinski definition) is 0. The molecular weight excluding hydrogens is 223 g/mol. The lowest BCUT2D eigenvalue weighted by molar-refractivity contribution is 0.368. The lowest BCUT2D eigenvalue weighted by Gasteiger charge is -2.11. The van der Waals surface area contributed by atoms with Crippen molar-refractivity contribution in [2.45, 2.75) is 25.8 Å². The van der Waals surface area contributed by atoms with Crippen LogP contribution in [0.25, 0.3) is 0 Å². The Morgan fingerprint density at radius 3 is 2.31 bits per heavy atom. The van der Waals surface area contributed by atoms with Gasteiger partial charge in [-0.2, -0.15) is 0 Å². The molecule has 1 aromatic heterocycles. The Morgan fingerprint density at radius 1 is 1.44 bits per heavy atom. The summed E-state index contributed by atoms with van der Waals surface area (Å²) in [5.74, 6) is 0. The van der Waals surface area contributed by atoms with Crippen LogP contribution in [-0.2, 0) is 0 Å². The lowest BCUT2D eigenvalue weighted by Crippen LogP contribution is -2.02. The van der Waals surface area contributed by atoms with Crippen LogP contribution in [0.15, 0.2) is 31.4 Å². The molecule has 0 N–H and O–H groups in total. The predicted molar refractivity (Wildman–Crippen MR) is 56.6 cm³/mol. The fourth-order valence-corrected chi connectivity index (χ4v) is 1.15. The first kappa shape index (κ1) is 14.7. The summed E-state index contributed by atoms with van der Waals surface area (Å²) in [6.45, 7) is 5.96. The summed E-state index contributed by atoms with van der Waals surface area (Å²) in [5, 5.41) is 0. The van der Waals surface area contributed by atoms with Crippen LogP contribution in [0.5, 0.6) is 0 Å². The minimum atomic E-state index is -6.00. The molecule has 1 heterocycles. The topological polar surface area (TPSA) is 17.8 Å². The van der Waals surface area contributed by atoms with E-state index in [1.165, 1.54) is 6.42 Å². The number of hydrogen-bond acceptors (Lipinski definition) is 1. The summed E-state index contributed by atoms with van der Waals surface area (Å²) in [4.78, 5) is 3.99. The summed E-state index contributed by atoms with van der Waals surface area (Å²) in [6, 6.07) is 0.419. The van der Waals surface area contributed by atoms with Gasteiger partial charge in [-0.3, -0.25) is 0 Å². The van der Waals surface area contributed by atoms with Crippen LogP contribution in [0, 0.1) is 0 Å². The second-order valence-corrected chi connectivity index (χ2v) is 3.10. The van der Waals surface area contributed by atoms with Crippen molar-refractivity contribution in [1.82, 2.24) is 9.55 Å². The van der Waals surface area contributed by atoms with Gasteiger partial charge in [0.15, 0.2) is 0 Å². The van der Waals surface area contributed by atoms with Crippen molar-refractivity contribution in [1.29, 1.82) is 0 Å². The van der Waals surface area contributed by atoms with Crippen molar-refractivity contribution in [3.8, 4) is 0 Å². The molecule has 0 amide bonds. The fraction of sp³-hybridized carbons (Fsp3) is 0.444. The molecule has 0 aliphatic carbocycles. The molecule has 0 saturated heterocycles. The number of rotatable bonds is 4. The van der Waals surface area contributed by atoms with Gasteiger partial charge in [-0.25, -0.2) is 4.98 Å². The van der Waals surface area contributed by atoms with Crippen LogP contribution in [0.4, 0.5) is 17.3 Å². The molecular formula is C9H14BF4N2-. The van der Waals surface area contributed by atoms with Gasteiger partial charge in [0.25, 0.3) is 0 Å². The van der Waals surface area contributed by atoms with Crippen LogP contribution < -0.4 is 0 Å². The summed E-state index contributed by atoms with van der Waals surface area (Å²) < 4.78 is 41.1. The molecule has 0 radical (unpaired) electrons. The van der Waals surface area contributed by atoms with Crippen LogP contribution >= 0.6 is 0 Å². The third kappa shape index (κ3) is 8.08. The molecule has 1 unspecified atom stereocenters. The molecule has 92 valence electrons. The SMILES string of the molecule is C=CC(CCC)n1ccnc1.F[B-](F)(F)F. The molecule has 1 rings (SSSR count). The van der Waals surface area contributed by atoms with E-state index in [1.807, 2.05) is 18.6 Å². The van der Waals surface area contributed by atoms with E-state index in [2.05, 4.69) is 23.1 Å². The molecule has 0 aliphatic heterocycles. The highest BCUT2D eigenvalue weighted by molar-refractivity contribution is 6.50. The molecule has 0 saturated carbocycles. The van der Waals surface area contributed by atoms with Crippen molar-refractivity contribution in [3.05, 3.63) is 31.4 Å². The van der Waals surface area contributed by atoms with E-state index in [0.29, 0.717) is 6.04 Å². The van der Waals surface area contributed by atoms with Crippen molar-refractivity contribution in [2.75, 3.05) is 0 Å². The molecule has 0 aliphatic rings. The van der Waals surface area contributed by atoms with E-state index >= 15 is 0 Å². The van der Waals surface area contributed by atoms with Gasteiger partial charge in [0.1, 0.15) is 0 Å². The van der Waals surface area contributed by atoms with Gasteiger partial charge in [0.2, 0.25) is 0 Å². The Hall–Kier alpha value is -1.27. The second kappa shape index (κ2) is 7.08. The molecule has 1 aromatic rings. The zero-order valence-corrected chi connectivity index (χ0v) is 8.99. The summed E-state index contributed by atoms with van der Waals surface area (Å²) in [7, 11) is -6.00. The van der Waals surface area contributed by atoms with Crippen molar-refractivity contribution in [3.63, 3.8) is 0 Å². The molecule has 0 bridgehead atoms. The molecule has 7 heteroatoms. The highest BCUT2D eigenvalue weighted by Gasteiger charge is 2.20.